The summed E-state index contributed by atoms with van der Waals surface area (Å²) >= 11 is 0. The summed E-state index contributed by atoms with van der Waals surface area (Å²) < 4.78 is 11.3. The van der Waals surface area contributed by atoms with Crippen LogP contribution in [0, 0.1) is 6.92 Å². The van der Waals surface area contributed by atoms with Crippen molar-refractivity contribution in [2.75, 3.05) is 12.4 Å². The number of nitrogens with zero attached hydrogens (tertiary/aromatic N) is 1. The fourth-order valence-electron chi connectivity index (χ4n) is 2.61. The molecule has 0 unspecified atom stereocenters. The zero-order chi connectivity index (χ0) is 19.8. The molecule has 1 amide bonds. The van der Waals surface area contributed by atoms with E-state index in [0.29, 0.717) is 18.1 Å². The lowest BCUT2D eigenvalue weighted by atomic mass is 10.1. The van der Waals surface area contributed by atoms with Gasteiger partial charge in [-0.25, -0.2) is 0 Å². The number of para-hydroxylation sites is 1. The molecular formula is C23H22N2O3. The van der Waals surface area contributed by atoms with Crippen molar-refractivity contribution in [3.05, 3.63) is 89.8 Å². The lowest BCUT2D eigenvalue weighted by Crippen LogP contribution is -2.08. The van der Waals surface area contributed by atoms with Crippen molar-refractivity contribution < 1.29 is 14.3 Å². The summed E-state index contributed by atoms with van der Waals surface area (Å²) in [6.07, 6.45) is 6.69. The Kier molecular flexibility index (Phi) is 6.41. The van der Waals surface area contributed by atoms with Crippen LogP contribution in [0.15, 0.2) is 73.1 Å². The fraction of sp³-hybridized carbons (Fsp3) is 0.130. The molecule has 0 radical (unpaired) electrons. The first-order valence-corrected chi connectivity index (χ1v) is 8.90. The van der Waals surface area contributed by atoms with Crippen LogP contribution in [-0.4, -0.2) is 18.0 Å². The monoisotopic (exact) mass is 374 g/mol. The molecule has 3 rings (SSSR count). The average Bonchev–Trinajstić information content (AvgIpc) is 2.73. The number of rotatable bonds is 7. The van der Waals surface area contributed by atoms with Crippen molar-refractivity contribution >= 4 is 17.7 Å². The molecule has 1 aromatic heterocycles. The second-order valence-electron chi connectivity index (χ2n) is 6.19. The fourth-order valence-corrected chi connectivity index (χ4v) is 2.61. The van der Waals surface area contributed by atoms with Gasteiger partial charge in [0.15, 0.2) is 11.5 Å². The number of amides is 1. The van der Waals surface area contributed by atoms with Crippen molar-refractivity contribution in [3.63, 3.8) is 0 Å². The van der Waals surface area contributed by atoms with Crippen molar-refractivity contribution in [1.29, 1.82) is 0 Å². The van der Waals surface area contributed by atoms with Gasteiger partial charge in [-0.3, -0.25) is 9.78 Å². The summed E-state index contributed by atoms with van der Waals surface area (Å²) in [5, 5.41) is 2.87. The van der Waals surface area contributed by atoms with E-state index in [1.165, 1.54) is 6.08 Å². The number of methoxy groups -OCH3 is 1. The van der Waals surface area contributed by atoms with E-state index in [2.05, 4.69) is 10.3 Å². The van der Waals surface area contributed by atoms with Crippen LogP contribution in [0.25, 0.3) is 6.08 Å². The minimum absolute atomic E-state index is 0.189. The van der Waals surface area contributed by atoms with Crippen LogP contribution in [0.5, 0.6) is 11.5 Å². The lowest BCUT2D eigenvalue weighted by Gasteiger charge is -2.11. The molecule has 28 heavy (non-hydrogen) atoms. The van der Waals surface area contributed by atoms with E-state index in [9.17, 15) is 4.79 Å². The van der Waals surface area contributed by atoms with E-state index < -0.39 is 0 Å². The molecule has 142 valence electrons. The van der Waals surface area contributed by atoms with Gasteiger partial charge in [0.05, 0.1) is 7.11 Å². The molecule has 0 atom stereocenters. The number of carbonyl (C=O) groups is 1. The van der Waals surface area contributed by atoms with E-state index in [-0.39, 0.29) is 5.91 Å². The predicted octanol–water partition coefficient (Wildman–Crippen LogP) is 4.63. The van der Waals surface area contributed by atoms with Gasteiger partial charge in [0.25, 0.3) is 0 Å². The molecule has 0 aliphatic rings. The first-order chi connectivity index (χ1) is 13.7. The van der Waals surface area contributed by atoms with Crippen LogP contribution in [0.2, 0.25) is 0 Å². The van der Waals surface area contributed by atoms with Gasteiger partial charge >= 0.3 is 0 Å². The summed E-state index contributed by atoms with van der Waals surface area (Å²) in [5.74, 6) is 1.06. The molecular weight excluding hydrogens is 352 g/mol. The van der Waals surface area contributed by atoms with Crippen molar-refractivity contribution in [2.45, 2.75) is 13.5 Å². The van der Waals surface area contributed by atoms with Gasteiger partial charge in [-0.15, -0.1) is 0 Å². The van der Waals surface area contributed by atoms with Gasteiger partial charge in [0, 0.05) is 24.2 Å². The van der Waals surface area contributed by atoms with Gasteiger partial charge in [-0.1, -0.05) is 24.3 Å². The van der Waals surface area contributed by atoms with Gasteiger partial charge in [0.1, 0.15) is 6.61 Å². The van der Waals surface area contributed by atoms with E-state index in [1.54, 1.807) is 25.6 Å². The summed E-state index contributed by atoms with van der Waals surface area (Å²) in [6, 6.07) is 17.0. The normalized spacial score (nSPS) is 10.6. The maximum Gasteiger partial charge on any atom is 0.248 e. The van der Waals surface area contributed by atoms with Crippen molar-refractivity contribution in [2.24, 2.45) is 0 Å². The quantitative estimate of drug-likeness (QED) is 0.613. The minimum Gasteiger partial charge on any atom is -0.493 e. The molecule has 5 nitrogen and oxygen atoms in total. The lowest BCUT2D eigenvalue weighted by molar-refractivity contribution is -0.111. The Morgan fingerprint density at radius 3 is 2.61 bits per heavy atom. The highest BCUT2D eigenvalue weighted by molar-refractivity contribution is 6.02. The van der Waals surface area contributed by atoms with E-state index in [1.807, 2.05) is 61.5 Å². The number of hydrogen-bond acceptors (Lipinski definition) is 4. The zero-order valence-corrected chi connectivity index (χ0v) is 15.9. The molecule has 1 N–H and O–H groups in total. The maximum atomic E-state index is 12.2. The third-order valence-corrected chi connectivity index (χ3v) is 4.16. The molecule has 0 bridgehead atoms. The first-order valence-electron chi connectivity index (χ1n) is 8.90. The minimum atomic E-state index is -0.189. The Balaban J connectivity index is 1.65. The molecule has 0 aliphatic heterocycles. The van der Waals surface area contributed by atoms with Gasteiger partial charge < -0.3 is 14.8 Å². The van der Waals surface area contributed by atoms with Crippen LogP contribution in [0.3, 0.4) is 0 Å². The SMILES string of the molecule is COc1cc(/C=C/C(=O)Nc2ccccc2C)ccc1OCc1ccncc1. The second-order valence-corrected chi connectivity index (χ2v) is 6.19. The topological polar surface area (TPSA) is 60.5 Å². The Labute approximate surface area is 164 Å². The van der Waals surface area contributed by atoms with E-state index >= 15 is 0 Å². The summed E-state index contributed by atoms with van der Waals surface area (Å²) in [6.45, 7) is 2.38. The van der Waals surface area contributed by atoms with Crippen molar-refractivity contribution in [1.82, 2.24) is 4.98 Å². The molecule has 0 saturated carbocycles. The first kappa shape index (κ1) is 19.2. The Bertz CT molecular complexity index is 969. The molecule has 0 saturated heterocycles. The standard InChI is InChI=1S/C23H22N2O3/c1-17-5-3-4-6-20(17)25-23(26)10-8-18-7-9-21(22(15-18)27-2)28-16-19-11-13-24-14-12-19/h3-15H,16H2,1-2H3,(H,25,26)/b10-8+. The van der Waals surface area contributed by atoms with Crippen LogP contribution in [0.1, 0.15) is 16.7 Å². The Hall–Kier alpha value is -3.60. The van der Waals surface area contributed by atoms with E-state index in [4.69, 9.17) is 9.47 Å². The number of nitrogens with one attached hydrogen (secondary N) is 1. The number of aryl methyl sites for hydroxylation is 1. The maximum absolute atomic E-state index is 12.2. The molecule has 5 heteroatoms. The van der Waals surface area contributed by atoms with Crippen LogP contribution in [0.4, 0.5) is 5.69 Å². The number of carbonyl (C=O) groups excluding carboxylic acids is 1. The molecule has 0 fully saturated rings. The van der Waals surface area contributed by atoms with E-state index in [0.717, 1.165) is 22.4 Å². The summed E-state index contributed by atoms with van der Waals surface area (Å²) in [5.41, 5.74) is 3.68. The third-order valence-electron chi connectivity index (χ3n) is 4.16. The number of aromatic nitrogens is 1. The highest BCUT2D eigenvalue weighted by atomic mass is 16.5. The smallest absolute Gasteiger partial charge is 0.248 e. The molecule has 2 aromatic carbocycles. The number of pyridine rings is 1. The zero-order valence-electron chi connectivity index (χ0n) is 15.9. The van der Waals surface area contributed by atoms with Crippen LogP contribution >= 0.6 is 0 Å². The summed E-state index contributed by atoms with van der Waals surface area (Å²) in [7, 11) is 1.59. The third kappa shape index (κ3) is 5.20. The Morgan fingerprint density at radius 1 is 1.07 bits per heavy atom. The highest BCUT2D eigenvalue weighted by Crippen LogP contribution is 2.29. The Morgan fingerprint density at radius 2 is 1.86 bits per heavy atom. The number of anilines is 1. The van der Waals surface area contributed by atoms with Gasteiger partial charge in [0.2, 0.25) is 5.91 Å². The molecule has 3 aromatic rings. The largest absolute Gasteiger partial charge is 0.493 e. The molecule has 0 aliphatic carbocycles. The molecule has 1 heterocycles. The summed E-state index contributed by atoms with van der Waals surface area (Å²) in [4.78, 5) is 16.2. The predicted molar refractivity (Wildman–Crippen MR) is 110 cm³/mol. The second kappa shape index (κ2) is 9.37. The van der Waals surface area contributed by atoms with Gasteiger partial charge in [-0.2, -0.15) is 0 Å². The number of hydrogen-bond donors (Lipinski definition) is 1. The van der Waals surface area contributed by atoms with Gasteiger partial charge in [-0.05, 0) is 60.0 Å². The van der Waals surface area contributed by atoms with Crippen molar-refractivity contribution in [3.8, 4) is 11.5 Å². The number of ether oxygens (including phenoxy) is 2. The van der Waals surface area contributed by atoms with Crippen LogP contribution in [-0.2, 0) is 11.4 Å². The van der Waals surface area contributed by atoms with Crippen LogP contribution < -0.4 is 14.8 Å². The molecule has 0 spiro atoms. The average molecular weight is 374 g/mol. The number of benzene rings is 2. The highest BCUT2D eigenvalue weighted by Gasteiger charge is 2.06.